The van der Waals surface area contributed by atoms with Crippen molar-refractivity contribution in [3.63, 3.8) is 0 Å². The smallest absolute Gasteiger partial charge is 0.160 e. The van der Waals surface area contributed by atoms with E-state index in [1.165, 1.54) is 12.5 Å². The summed E-state index contributed by atoms with van der Waals surface area (Å²) in [5.74, 6) is 1.67. The Kier molecular flexibility index (Phi) is 6.03. The van der Waals surface area contributed by atoms with Gasteiger partial charge in [-0.05, 0) is 25.1 Å². The van der Waals surface area contributed by atoms with Gasteiger partial charge >= 0.3 is 0 Å². The summed E-state index contributed by atoms with van der Waals surface area (Å²) in [4.78, 5) is 12.4. The summed E-state index contributed by atoms with van der Waals surface area (Å²) >= 11 is 0. The van der Waals surface area contributed by atoms with Gasteiger partial charge in [0.15, 0.2) is 5.82 Å². The molecule has 27 heavy (non-hydrogen) atoms. The number of ether oxygens (including phenoxy) is 1. The molecular formula is C19H19N7O. The number of rotatable bonds is 8. The van der Waals surface area contributed by atoms with Crippen LogP contribution in [0.4, 0.5) is 17.3 Å². The molecule has 0 saturated carbocycles. The van der Waals surface area contributed by atoms with Crippen LogP contribution >= 0.6 is 0 Å². The quantitative estimate of drug-likeness (QED) is 0.419. The van der Waals surface area contributed by atoms with E-state index in [0.717, 1.165) is 17.0 Å². The molecule has 136 valence electrons. The van der Waals surface area contributed by atoms with E-state index in [0.29, 0.717) is 23.8 Å². The van der Waals surface area contributed by atoms with Crippen LogP contribution < -0.4 is 15.5 Å². The fourth-order valence-electron chi connectivity index (χ4n) is 2.31. The molecule has 0 aliphatic heterocycles. The lowest BCUT2D eigenvalue weighted by Crippen LogP contribution is -2.05. The third-order valence-corrected chi connectivity index (χ3v) is 3.50. The van der Waals surface area contributed by atoms with Crippen molar-refractivity contribution in [1.29, 1.82) is 5.41 Å². The van der Waals surface area contributed by atoms with Crippen LogP contribution in [0.5, 0.6) is 5.75 Å². The van der Waals surface area contributed by atoms with Crippen molar-refractivity contribution in [2.24, 2.45) is 5.10 Å². The molecule has 0 radical (unpaired) electrons. The Bertz CT molecular complexity index is 928. The Balaban J connectivity index is 1.79. The van der Waals surface area contributed by atoms with E-state index in [2.05, 4.69) is 30.8 Å². The normalized spacial score (nSPS) is 10.6. The summed E-state index contributed by atoms with van der Waals surface area (Å²) in [5.41, 5.74) is 4.98. The van der Waals surface area contributed by atoms with Crippen molar-refractivity contribution < 1.29 is 4.74 Å². The lowest BCUT2D eigenvalue weighted by atomic mass is 10.2. The van der Waals surface area contributed by atoms with E-state index < -0.39 is 0 Å². The predicted molar refractivity (Wildman–Crippen MR) is 106 cm³/mol. The summed E-state index contributed by atoms with van der Waals surface area (Å²) in [6.45, 7) is 2.52. The highest BCUT2D eigenvalue weighted by Crippen LogP contribution is 2.24. The zero-order valence-corrected chi connectivity index (χ0v) is 14.8. The second-order valence-electron chi connectivity index (χ2n) is 5.37. The SMILES string of the molecule is CCOc1cccc(Nc2ncnc(N/N=C/c3cccnc3)c2C=N)c1. The van der Waals surface area contributed by atoms with Crippen LogP contribution in [0.15, 0.2) is 60.2 Å². The molecule has 0 saturated heterocycles. The third-order valence-electron chi connectivity index (χ3n) is 3.50. The number of pyridine rings is 1. The number of anilines is 3. The molecule has 8 heteroatoms. The van der Waals surface area contributed by atoms with E-state index >= 15 is 0 Å². The standard InChI is InChI=1S/C19H19N7O/c1-2-27-16-7-3-6-15(9-16)25-18-17(10-20)19(23-13-22-18)26-24-12-14-5-4-8-21-11-14/h3-13,20H,2H2,1H3,(H2,22,23,25,26)/b20-10?,24-12+. The first-order chi connectivity index (χ1) is 13.3. The molecule has 0 unspecified atom stereocenters. The third kappa shape index (κ3) is 4.85. The van der Waals surface area contributed by atoms with Crippen LogP contribution in [0.3, 0.4) is 0 Å². The Morgan fingerprint density at radius 2 is 2.07 bits per heavy atom. The van der Waals surface area contributed by atoms with Gasteiger partial charge in [0.25, 0.3) is 0 Å². The van der Waals surface area contributed by atoms with E-state index in [1.54, 1.807) is 18.6 Å². The minimum absolute atomic E-state index is 0.420. The topological polar surface area (TPSA) is 108 Å². The highest BCUT2D eigenvalue weighted by molar-refractivity contribution is 5.92. The lowest BCUT2D eigenvalue weighted by molar-refractivity contribution is 0.340. The van der Waals surface area contributed by atoms with Crippen LogP contribution in [0.2, 0.25) is 0 Å². The molecule has 0 bridgehead atoms. The van der Waals surface area contributed by atoms with Crippen molar-refractivity contribution >= 4 is 29.8 Å². The summed E-state index contributed by atoms with van der Waals surface area (Å²) < 4.78 is 5.51. The number of nitrogens with one attached hydrogen (secondary N) is 3. The first-order valence-electron chi connectivity index (χ1n) is 8.34. The van der Waals surface area contributed by atoms with Crippen LogP contribution in [-0.2, 0) is 0 Å². The predicted octanol–water partition coefficient (Wildman–Crippen LogP) is 3.46. The maximum absolute atomic E-state index is 7.73. The Labute approximate surface area is 156 Å². The summed E-state index contributed by atoms with van der Waals surface area (Å²) in [6, 6.07) is 11.2. The van der Waals surface area contributed by atoms with Gasteiger partial charge in [-0.25, -0.2) is 9.97 Å². The van der Waals surface area contributed by atoms with Gasteiger partial charge in [0.2, 0.25) is 0 Å². The summed E-state index contributed by atoms with van der Waals surface area (Å²) in [7, 11) is 0. The average Bonchev–Trinajstić information content (AvgIpc) is 2.70. The molecule has 0 aliphatic carbocycles. The van der Waals surface area contributed by atoms with Crippen molar-refractivity contribution in [3.05, 3.63) is 66.2 Å². The number of hydrogen-bond acceptors (Lipinski definition) is 8. The number of aromatic nitrogens is 3. The minimum atomic E-state index is 0.420. The maximum atomic E-state index is 7.73. The second-order valence-corrected chi connectivity index (χ2v) is 5.37. The molecule has 3 rings (SSSR count). The number of hydrazone groups is 1. The first kappa shape index (κ1) is 18.0. The number of benzene rings is 1. The molecule has 0 amide bonds. The number of nitrogens with zero attached hydrogens (tertiary/aromatic N) is 4. The highest BCUT2D eigenvalue weighted by Gasteiger charge is 2.09. The molecule has 2 aromatic heterocycles. The van der Waals surface area contributed by atoms with E-state index in [-0.39, 0.29) is 0 Å². The first-order valence-corrected chi connectivity index (χ1v) is 8.34. The lowest BCUT2D eigenvalue weighted by Gasteiger charge is -2.12. The van der Waals surface area contributed by atoms with Gasteiger partial charge in [0, 0.05) is 35.9 Å². The Morgan fingerprint density at radius 1 is 1.19 bits per heavy atom. The summed E-state index contributed by atoms with van der Waals surface area (Å²) in [6.07, 6.45) is 7.60. The monoisotopic (exact) mass is 361 g/mol. The second kappa shape index (κ2) is 9.04. The molecule has 1 aromatic carbocycles. The van der Waals surface area contributed by atoms with Crippen molar-refractivity contribution in [1.82, 2.24) is 15.0 Å². The fourth-order valence-corrected chi connectivity index (χ4v) is 2.31. The largest absolute Gasteiger partial charge is 0.494 e. The minimum Gasteiger partial charge on any atom is -0.494 e. The van der Waals surface area contributed by atoms with Crippen LogP contribution in [0.1, 0.15) is 18.1 Å². The molecule has 2 heterocycles. The molecule has 8 nitrogen and oxygen atoms in total. The van der Waals surface area contributed by atoms with E-state index in [4.69, 9.17) is 10.1 Å². The summed E-state index contributed by atoms with van der Waals surface area (Å²) in [5, 5.41) is 15.1. The van der Waals surface area contributed by atoms with Crippen LogP contribution in [-0.4, -0.2) is 34.0 Å². The van der Waals surface area contributed by atoms with Gasteiger partial charge in [0.1, 0.15) is 17.9 Å². The zero-order valence-electron chi connectivity index (χ0n) is 14.8. The van der Waals surface area contributed by atoms with Crippen molar-refractivity contribution in [3.8, 4) is 5.75 Å². The van der Waals surface area contributed by atoms with Gasteiger partial charge in [-0.2, -0.15) is 5.10 Å². The van der Waals surface area contributed by atoms with Crippen LogP contribution in [0, 0.1) is 5.41 Å². The van der Waals surface area contributed by atoms with Crippen molar-refractivity contribution in [2.45, 2.75) is 6.92 Å². The average molecular weight is 361 g/mol. The van der Waals surface area contributed by atoms with Gasteiger partial charge in [-0.3, -0.25) is 10.4 Å². The molecular weight excluding hydrogens is 342 g/mol. The molecule has 0 atom stereocenters. The molecule has 3 N–H and O–H groups in total. The zero-order chi connectivity index (χ0) is 18.9. The fraction of sp³-hybridized carbons (Fsp3) is 0.105. The maximum Gasteiger partial charge on any atom is 0.160 e. The molecule has 3 aromatic rings. The number of hydrogen-bond donors (Lipinski definition) is 3. The Morgan fingerprint density at radius 3 is 2.85 bits per heavy atom. The van der Waals surface area contributed by atoms with Gasteiger partial charge in [0.05, 0.1) is 18.4 Å². The van der Waals surface area contributed by atoms with Crippen molar-refractivity contribution in [2.75, 3.05) is 17.3 Å². The van der Waals surface area contributed by atoms with Gasteiger partial charge in [-0.15, -0.1) is 0 Å². The van der Waals surface area contributed by atoms with E-state index in [9.17, 15) is 0 Å². The van der Waals surface area contributed by atoms with E-state index in [1.807, 2.05) is 43.3 Å². The highest BCUT2D eigenvalue weighted by atomic mass is 16.5. The van der Waals surface area contributed by atoms with Gasteiger partial charge in [-0.1, -0.05) is 12.1 Å². The molecule has 0 fully saturated rings. The molecule has 0 spiro atoms. The Hall–Kier alpha value is -3.81. The van der Waals surface area contributed by atoms with Crippen LogP contribution in [0.25, 0.3) is 0 Å². The molecule has 0 aliphatic rings. The van der Waals surface area contributed by atoms with Gasteiger partial charge < -0.3 is 15.5 Å².